The minimum Gasteiger partial charge on any atom is -0.490 e. The van der Waals surface area contributed by atoms with E-state index in [1.807, 2.05) is 0 Å². The molecule has 0 bridgehead atoms. The molecule has 2 nitrogen and oxygen atoms in total. The van der Waals surface area contributed by atoms with Crippen molar-refractivity contribution in [1.29, 1.82) is 0 Å². The van der Waals surface area contributed by atoms with E-state index in [0.717, 1.165) is 11.5 Å². The Morgan fingerprint density at radius 3 is 1.77 bits per heavy atom. The molecule has 0 atom stereocenters. The van der Waals surface area contributed by atoms with E-state index in [0.29, 0.717) is 23.1 Å². The van der Waals surface area contributed by atoms with Gasteiger partial charge in [0.2, 0.25) is 0 Å². The smallest absolute Gasteiger partial charge is 0.166 e. The van der Waals surface area contributed by atoms with E-state index < -0.39 is 0 Å². The molecule has 3 fully saturated rings. The summed E-state index contributed by atoms with van der Waals surface area (Å²) in [5, 5.41) is 2.65. The van der Waals surface area contributed by atoms with Crippen LogP contribution in [-0.2, 0) is 10.9 Å². The molecule has 168 valence electrons. The molecule has 2 aromatic rings. The molecule has 0 N–H and O–H groups in total. The molecular weight excluding hydrogens is 400 g/mol. The summed E-state index contributed by atoms with van der Waals surface area (Å²) >= 11 is 0. The van der Waals surface area contributed by atoms with E-state index in [1.165, 1.54) is 117 Å². The third-order valence-electron chi connectivity index (χ3n) is 7.46. The van der Waals surface area contributed by atoms with Gasteiger partial charge in [-0.15, -0.1) is 0 Å². The van der Waals surface area contributed by atoms with Crippen molar-refractivity contribution in [1.82, 2.24) is 0 Å². The molecule has 1 saturated heterocycles. The fraction of sp³-hybridized carbons (Fsp3) is 0.643. The number of fused-ring (bicyclic) bond motifs is 1. The lowest BCUT2D eigenvalue weighted by Crippen LogP contribution is -2.17. The van der Waals surface area contributed by atoms with Crippen LogP contribution in [0.25, 0.3) is 10.8 Å². The molecule has 31 heavy (non-hydrogen) atoms. The second-order valence-corrected chi connectivity index (χ2v) is 12.1. The number of hydrogen-bond donors (Lipinski definition) is 0. The van der Waals surface area contributed by atoms with Crippen LogP contribution < -0.4 is 9.47 Å². The Morgan fingerprint density at radius 2 is 1.16 bits per heavy atom. The molecule has 2 aromatic carbocycles. The van der Waals surface area contributed by atoms with Crippen molar-refractivity contribution in [3.05, 3.63) is 30.3 Å². The van der Waals surface area contributed by atoms with Crippen LogP contribution in [0.1, 0.15) is 89.9 Å². The van der Waals surface area contributed by atoms with E-state index in [-0.39, 0.29) is 0 Å². The summed E-state index contributed by atoms with van der Waals surface area (Å²) in [6, 6.07) is 11.4. The normalized spacial score (nSPS) is 22.3. The summed E-state index contributed by atoms with van der Waals surface area (Å²) in [4.78, 5) is 1.53. The van der Waals surface area contributed by atoms with Crippen LogP contribution in [0, 0.1) is 0 Å². The maximum Gasteiger partial charge on any atom is 0.166 e. The first-order chi connectivity index (χ1) is 15.4. The average Bonchev–Trinajstić information content (AvgIpc) is 3.03. The van der Waals surface area contributed by atoms with Crippen LogP contribution >= 0.6 is 0 Å². The standard InChI is InChI=1S/C28H39O2S/c1-2-6-13-22(12-5-1)29-25-18-19-27(31-20-9-10-21-31)28-24(25)16-11-17-26(28)30-23-14-7-3-4-8-15-23/h11,16-19,22-23H,1-10,12-15,20-21H2/q+1. The topological polar surface area (TPSA) is 18.5 Å². The van der Waals surface area contributed by atoms with Crippen molar-refractivity contribution >= 4 is 21.7 Å². The fourth-order valence-corrected chi connectivity index (χ4v) is 8.22. The maximum atomic E-state index is 6.76. The van der Waals surface area contributed by atoms with Gasteiger partial charge in [0.25, 0.3) is 0 Å². The van der Waals surface area contributed by atoms with E-state index in [9.17, 15) is 0 Å². The molecule has 1 heterocycles. The number of ether oxygens (including phenoxy) is 2. The Bertz CT molecular complexity index is 841. The first kappa shape index (κ1) is 21.5. The highest BCUT2D eigenvalue weighted by atomic mass is 32.2. The lowest BCUT2D eigenvalue weighted by atomic mass is 10.1. The first-order valence-corrected chi connectivity index (χ1v) is 14.5. The van der Waals surface area contributed by atoms with Gasteiger partial charge in [-0.25, -0.2) is 0 Å². The maximum absolute atomic E-state index is 6.76. The Labute approximate surface area is 191 Å². The summed E-state index contributed by atoms with van der Waals surface area (Å²) in [5.74, 6) is 4.88. The van der Waals surface area contributed by atoms with Crippen molar-refractivity contribution in [2.24, 2.45) is 0 Å². The number of rotatable bonds is 5. The van der Waals surface area contributed by atoms with Crippen molar-refractivity contribution < 1.29 is 9.47 Å². The highest BCUT2D eigenvalue weighted by Gasteiger charge is 2.31. The van der Waals surface area contributed by atoms with Crippen LogP contribution in [0.2, 0.25) is 0 Å². The van der Waals surface area contributed by atoms with Crippen molar-refractivity contribution in [3.8, 4) is 11.5 Å². The molecule has 0 amide bonds. The van der Waals surface area contributed by atoms with Gasteiger partial charge in [-0.05, 0) is 82.4 Å². The van der Waals surface area contributed by atoms with Gasteiger partial charge in [-0.2, -0.15) is 0 Å². The molecule has 0 spiro atoms. The molecule has 2 saturated carbocycles. The Hall–Kier alpha value is -1.35. The zero-order chi connectivity index (χ0) is 20.9. The van der Waals surface area contributed by atoms with Crippen LogP contribution in [-0.4, -0.2) is 23.7 Å². The van der Waals surface area contributed by atoms with Gasteiger partial charge >= 0.3 is 0 Å². The Morgan fingerprint density at radius 1 is 0.581 bits per heavy atom. The second-order valence-electron chi connectivity index (χ2n) is 9.81. The first-order valence-electron chi connectivity index (χ1n) is 12.9. The molecule has 5 rings (SSSR count). The van der Waals surface area contributed by atoms with Crippen LogP contribution in [0.15, 0.2) is 35.2 Å². The third-order valence-corrected chi connectivity index (χ3v) is 9.98. The summed E-state index contributed by atoms with van der Waals surface area (Å²) in [5.41, 5.74) is 0. The third kappa shape index (κ3) is 5.18. The van der Waals surface area contributed by atoms with Crippen LogP contribution in [0.4, 0.5) is 0 Å². The van der Waals surface area contributed by atoms with Gasteiger partial charge < -0.3 is 9.47 Å². The van der Waals surface area contributed by atoms with Crippen molar-refractivity contribution in [3.63, 3.8) is 0 Å². The van der Waals surface area contributed by atoms with Gasteiger partial charge in [-0.1, -0.05) is 37.8 Å². The zero-order valence-electron chi connectivity index (χ0n) is 19.1. The monoisotopic (exact) mass is 439 g/mol. The molecule has 0 radical (unpaired) electrons. The minimum absolute atomic E-state index is 0.361. The van der Waals surface area contributed by atoms with Gasteiger partial charge in [-0.3, -0.25) is 0 Å². The summed E-state index contributed by atoms with van der Waals surface area (Å²) < 4.78 is 13.4. The molecule has 1 aliphatic heterocycles. The molecule has 2 aliphatic carbocycles. The van der Waals surface area contributed by atoms with Gasteiger partial charge in [0, 0.05) is 16.3 Å². The molecule has 0 aromatic heterocycles. The van der Waals surface area contributed by atoms with E-state index >= 15 is 0 Å². The largest absolute Gasteiger partial charge is 0.490 e. The number of hydrogen-bond acceptors (Lipinski definition) is 2. The Balaban J connectivity index is 1.50. The highest BCUT2D eigenvalue weighted by molar-refractivity contribution is 7.97. The molecule has 3 aliphatic rings. The predicted octanol–water partition coefficient (Wildman–Crippen LogP) is 7.81. The lowest BCUT2D eigenvalue weighted by Gasteiger charge is -2.22. The zero-order valence-corrected chi connectivity index (χ0v) is 19.9. The summed E-state index contributed by atoms with van der Waals surface area (Å²) in [7, 11) is 0.361. The van der Waals surface area contributed by atoms with Gasteiger partial charge in [0.1, 0.15) is 23.0 Å². The van der Waals surface area contributed by atoms with Crippen molar-refractivity contribution in [2.45, 2.75) is 107 Å². The van der Waals surface area contributed by atoms with Gasteiger partial charge in [0.15, 0.2) is 4.90 Å². The highest BCUT2D eigenvalue weighted by Crippen LogP contribution is 2.41. The molecular formula is C28H39O2S+. The summed E-state index contributed by atoms with van der Waals surface area (Å²) in [6.07, 6.45) is 19.0. The fourth-order valence-electron chi connectivity index (χ4n) is 5.71. The van der Waals surface area contributed by atoms with E-state index in [4.69, 9.17) is 9.47 Å². The predicted molar refractivity (Wildman–Crippen MR) is 133 cm³/mol. The molecule has 3 heteroatoms. The van der Waals surface area contributed by atoms with Crippen LogP contribution in [0.5, 0.6) is 11.5 Å². The molecule has 0 unspecified atom stereocenters. The number of benzene rings is 2. The average molecular weight is 440 g/mol. The van der Waals surface area contributed by atoms with Gasteiger partial charge in [0.05, 0.1) is 17.6 Å². The SMILES string of the molecule is c1cc(OC2CCCCCC2)c2c([S+]3CCCC3)ccc(OC3CCCCCC3)c2c1. The van der Waals surface area contributed by atoms with E-state index in [2.05, 4.69) is 30.3 Å². The lowest BCUT2D eigenvalue weighted by molar-refractivity contribution is 0.183. The quantitative estimate of drug-likeness (QED) is 0.349. The van der Waals surface area contributed by atoms with E-state index in [1.54, 1.807) is 0 Å². The minimum atomic E-state index is 0.361. The second kappa shape index (κ2) is 10.5. The van der Waals surface area contributed by atoms with Crippen molar-refractivity contribution in [2.75, 3.05) is 11.5 Å². The van der Waals surface area contributed by atoms with Crippen LogP contribution in [0.3, 0.4) is 0 Å². The Kier molecular flexibility index (Phi) is 7.29. The summed E-state index contributed by atoms with van der Waals surface area (Å²) in [6.45, 7) is 0.